The highest BCUT2D eigenvalue weighted by Gasteiger charge is 2.22. The van der Waals surface area contributed by atoms with Crippen LogP contribution in [-0.2, 0) is 4.79 Å². The highest BCUT2D eigenvalue weighted by Crippen LogP contribution is 2.39. The predicted octanol–water partition coefficient (Wildman–Crippen LogP) is 3.95. The number of nitrogens with two attached hydrogens (primary N) is 1. The molecule has 3 N–H and O–H groups in total. The molecule has 0 bridgehead atoms. The summed E-state index contributed by atoms with van der Waals surface area (Å²) in [4.78, 5) is 12.2. The van der Waals surface area contributed by atoms with Crippen molar-refractivity contribution in [3.05, 3.63) is 58.6 Å². The Balaban J connectivity index is 2.32. The molecule has 98 valence electrons. The lowest BCUT2D eigenvalue weighted by atomic mass is 10.1. The van der Waals surface area contributed by atoms with Crippen molar-refractivity contribution in [1.82, 2.24) is 0 Å². The van der Waals surface area contributed by atoms with Crippen molar-refractivity contribution in [2.24, 2.45) is 0 Å². The number of nitrogen functional groups attached to an aromatic ring is 1. The smallest absolute Gasteiger partial charge is 0.321 e. The normalized spacial score (nSPS) is 12.1. The zero-order valence-corrected chi connectivity index (χ0v) is 12.3. The summed E-state index contributed by atoms with van der Waals surface area (Å²) >= 11 is 4.60. The molecule has 0 heterocycles. The number of hydrogen-bond donors (Lipinski definition) is 2. The molecule has 3 nitrogen and oxygen atoms in total. The first-order chi connectivity index (χ1) is 9.08. The lowest BCUT2D eigenvalue weighted by molar-refractivity contribution is -0.136. The average molecular weight is 338 g/mol. The van der Waals surface area contributed by atoms with Gasteiger partial charge in [0.1, 0.15) is 5.25 Å². The number of halogens is 1. The minimum Gasteiger partial charge on any atom is -0.480 e. The van der Waals surface area contributed by atoms with Crippen LogP contribution in [0.25, 0.3) is 0 Å². The minimum atomic E-state index is -0.879. The molecule has 19 heavy (non-hydrogen) atoms. The Morgan fingerprint density at radius 1 is 1.21 bits per heavy atom. The highest BCUT2D eigenvalue weighted by atomic mass is 79.9. The van der Waals surface area contributed by atoms with Gasteiger partial charge in [0.2, 0.25) is 0 Å². The van der Waals surface area contributed by atoms with Crippen molar-refractivity contribution in [2.45, 2.75) is 10.1 Å². The maximum absolute atomic E-state index is 11.4. The summed E-state index contributed by atoms with van der Waals surface area (Å²) in [7, 11) is 0. The van der Waals surface area contributed by atoms with Crippen LogP contribution in [0.1, 0.15) is 10.8 Å². The molecule has 0 saturated heterocycles. The van der Waals surface area contributed by atoms with Crippen molar-refractivity contribution >= 4 is 39.3 Å². The van der Waals surface area contributed by atoms with Crippen LogP contribution in [0.3, 0.4) is 0 Å². The summed E-state index contributed by atoms with van der Waals surface area (Å²) in [6.07, 6.45) is 0. The predicted molar refractivity (Wildman–Crippen MR) is 81.2 cm³/mol. The summed E-state index contributed by atoms with van der Waals surface area (Å²) in [5.74, 6) is -0.879. The van der Waals surface area contributed by atoms with E-state index in [1.807, 2.05) is 30.3 Å². The third-order valence-corrected chi connectivity index (χ3v) is 4.36. The lowest BCUT2D eigenvalue weighted by Crippen LogP contribution is -2.08. The second-order valence-corrected chi connectivity index (χ2v) is 5.99. The number of carboxylic acid groups (broad SMARTS) is 1. The fourth-order valence-corrected chi connectivity index (χ4v) is 3.19. The molecule has 0 fully saturated rings. The highest BCUT2D eigenvalue weighted by molar-refractivity contribution is 9.10. The van der Waals surface area contributed by atoms with Crippen LogP contribution in [0.4, 0.5) is 5.69 Å². The van der Waals surface area contributed by atoms with E-state index in [0.29, 0.717) is 5.69 Å². The molecule has 5 heteroatoms. The molecule has 0 saturated carbocycles. The monoisotopic (exact) mass is 337 g/mol. The van der Waals surface area contributed by atoms with E-state index in [0.717, 1.165) is 14.9 Å². The van der Waals surface area contributed by atoms with E-state index < -0.39 is 11.2 Å². The van der Waals surface area contributed by atoms with Gasteiger partial charge in [-0.2, -0.15) is 0 Å². The maximum atomic E-state index is 11.4. The van der Waals surface area contributed by atoms with Gasteiger partial charge < -0.3 is 10.8 Å². The number of carbonyl (C=O) groups is 1. The molecule has 0 radical (unpaired) electrons. The summed E-state index contributed by atoms with van der Waals surface area (Å²) in [5.41, 5.74) is 7.21. The third kappa shape index (κ3) is 3.52. The second kappa shape index (κ2) is 6.12. The van der Waals surface area contributed by atoms with Gasteiger partial charge in [0.25, 0.3) is 0 Å². The zero-order valence-electron chi connectivity index (χ0n) is 9.92. The third-order valence-electron chi connectivity index (χ3n) is 2.55. The molecule has 0 aliphatic heterocycles. The lowest BCUT2D eigenvalue weighted by Gasteiger charge is -2.14. The van der Waals surface area contributed by atoms with Gasteiger partial charge >= 0.3 is 5.97 Å². The van der Waals surface area contributed by atoms with Gasteiger partial charge in [-0.05, 0) is 23.8 Å². The SMILES string of the molecule is Nc1ccc(Br)cc1SC(C(=O)O)c1ccccc1. The summed E-state index contributed by atoms with van der Waals surface area (Å²) in [5, 5.41) is 8.71. The zero-order chi connectivity index (χ0) is 13.8. The van der Waals surface area contributed by atoms with Crippen molar-refractivity contribution in [2.75, 3.05) is 5.73 Å². The number of anilines is 1. The Bertz CT molecular complexity index is 589. The fraction of sp³-hybridized carbons (Fsp3) is 0.0714. The topological polar surface area (TPSA) is 63.3 Å². The first kappa shape index (κ1) is 14.0. The van der Waals surface area contributed by atoms with E-state index in [1.54, 1.807) is 18.2 Å². The van der Waals surface area contributed by atoms with Crippen molar-refractivity contribution in [3.8, 4) is 0 Å². The van der Waals surface area contributed by atoms with E-state index >= 15 is 0 Å². The number of rotatable bonds is 4. The number of hydrogen-bond acceptors (Lipinski definition) is 3. The Morgan fingerprint density at radius 3 is 2.53 bits per heavy atom. The van der Waals surface area contributed by atoms with E-state index in [2.05, 4.69) is 15.9 Å². The van der Waals surface area contributed by atoms with Crippen molar-refractivity contribution < 1.29 is 9.90 Å². The van der Waals surface area contributed by atoms with Gasteiger partial charge in [0.05, 0.1) is 0 Å². The van der Waals surface area contributed by atoms with Crippen molar-refractivity contribution in [3.63, 3.8) is 0 Å². The van der Waals surface area contributed by atoms with E-state index in [1.165, 1.54) is 11.8 Å². The molecular weight excluding hydrogens is 326 g/mol. The average Bonchev–Trinajstić information content (AvgIpc) is 2.40. The molecule has 0 spiro atoms. The summed E-state index contributed by atoms with van der Waals surface area (Å²) in [6, 6.07) is 14.6. The molecular formula is C14H12BrNO2S. The van der Waals surface area contributed by atoms with Crippen LogP contribution < -0.4 is 5.73 Å². The summed E-state index contributed by atoms with van der Waals surface area (Å²) < 4.78 is 0.876. The van der Waals surface area contributed by atoms with Gasteiger partial charge in [0, 0.05) is 15.1 Å². The van der Waals surface area contributed by atoms with Gasteiger partial charge in [-0.25, -0.2) is 0 Å². The van der Waals surface area contributed by atoms with Crippen LogP contribution in [0, 0.1) is 0 Å². The maximum Gasteiger partial charge on any atom is 0.321 e. The number of aliphatic carboxylic acids is 1. The quantitative estimate of drug-likeness (QED) is 0.654. The molecule has 2 rings (SSSR count). The number of thioether (sulfide) groups is 1. The first-order valence-corrected chi connectivity index (χ1v) is 7.24. The van der Waals surface area contributed by atoms with Crippen LogP contribution in [-0.4, -0.2) is 11.1 Å². The molecule has 0 aliphatic carbocycles. The second-order valence-electron chi connectivity index (χ2n) is 3.93. The van der Waals surface area contributed by atoms with E-state index in [9.17, 15) is 9.90 Å². The standard InChI is InChI=1S/C14H12BrNO2S/c15-10-6-7-11(16)12(8-10)19-13(14(17)18)9-4-2-1-3-5-9/h1-8,13H,16H2,(H,17,18). The Hall–Kier alpha value is -1.46. The molecule has 0 aromatic heterocycles. The van der Waals surface area contributed by atoms with Crippen LogP contribution in [0.15, 0.2) is 57.9 Å². The molecule has 2 aromatic carbocycles. The van der Waals surface area contributed by atoms with Crippen LogP contribution in [0.2, 0.25) is 0 Å². The molecule has 0 amide bonds. The Kier molecular flexibility index (Phi) is 4.50. The molecule has 0 aliphatic rings. The van der Waals surface area contributed by atoms with E-state index in [4.69, 9.17) is 5.73 Å². The summed E-state index contributed by atoms with van der Waals surface area (Å²) in [6.45, 7) is 0. The van der Waals surface area contributed by atoms with Gasteiger partial charge in [0.15, 0.2) is 0 Å². The van der Waals surface area contributed by atoms with Crippen molar-refractivity contribution in [1.29, 1.82) is 0 Å². The fourth-order valence-electron chi connectivity index (χ4n) is 1.63. The first-order valence-electron chi connectivity index (χ1n) is 5.57. The Labute approximate surface area is 124 Å². The molecule has 1 unspecified atom stereocenters. The Morgan fingerprint density at radius 2 is 1.89 bits per heavy atom. The molecule has 2 aromatic rings. The van der Waals surface area contributed by atoms with Gasteiger partial charge in [-0.1, -0.05) is 46.3 Å². The minimum absolute atomic E-state index is 0.579. The van der Waals surface area contributed by atoms with Crippen LogP contribution in [0.5, 0.6) is 0 Å². The van der Waals surface area contributed by atoms with E-state index in [-0.39, 0.29) is 0 Å². The van der Waals surface area contributed by atoms with Crippen LogP contribution >= 0.6 is 27.7 Å². The molecule has 1 atom stereocenters. The largest absolute Gasteiger partial charge is 0.480 e. The van der Waals surface area contributed by atoms with Gasteiger partial charge in [-0.15, -0.1) is 11.8 Å². The van der Waals surface area contributed by atoms with Gasteiger partial charge in [-0.3, -0.25) is 4.79 Å². The number of benzene rings is 2. The number of carboxylic acids is 1.